The van der Waals surface area contributed by atoms with E-state index in [1.54, 1.807) is 13.2 Å². The number of Topliss-reactive ketones (excluding diaryl/α,β-unsaturated/α-hetero) is 1. The summed E-state index contributed by atoms with van der Waals surface area (Å²) in [6, 6.07) is 17.7. The standard InChI is InChI=1S/C26H22BrNO4/c1-16-11-22-20(14-28(15-31-22)13-17-7-9-19(30-2)10-8-17)26-24(16)25(29)23(32-26)12-18-5-3-4-6-21(18)27/h3-12H,13-15H2,1-2H3/b23-12-. The van der Waals surface area contributed by atoms with E-state index in [0.29, 0.717) is 30.3 Å². The molecule has 2 heterocycles. The van der Waals surface area contributed by atoms with Crippen LogP contribution in [0.4, 0.5) is 0 Å². The molecule has 0 aromatic heterocycles. The summed E-state index contributed by atoms with van der Waals surface area (Å²) in [5.41, 5.74) is 4.45. The van der Waals surface area contributed by atoms with Gasteiger partial charge in [-0.25, -0.2) is 0 Å². The average molecular weight is 492 g/mol. The molecule has 5 nitrogen and oxygen atoms in total. The van der Waals surface area contributed by atoms with E-state index >= 15 is 0 Å². The Hall–Kier alpha value is -3.09. The maximum atomic E-state index is 13.2. The van der Waals surface area contributed by atoms with Crippen molar-refractivity contribution in [3.05, 3.63) is 92.6 Å². The summed E-state index contributed by atoms with van der Waals surface area (Å²) in [5.74, 6) is 2.46. The summed E-state index contributed by atoms with van der Waals surface area (Å²) in [6.45, 7) is 3.76. The zero-order valence-electron chi connectivity index (χ0n) is 17.9. The van der Waals surface area contributed by atoms with Gasteiger partial charge in [-0.2, -0.15) is 0 Å². The first kappa shape index (κ1) is 20.8. The Morgan fingerprint density at radius 3 is 2.69 bits per heavy atom. The number of benzene rings is 3. The monoisotopic (exact) mass is 491 g/mol. The fourth-order valence-electron chi connectivity index (χ4n) is 4.10. The van der Waals surface area contributed by atoms with Gasteiger partial charge in [-0.1, -0.05) is 46.3 Å². The van der Waals surface area contributed by atoms with E-state index in [0.717, 1.165) is 44.8 Å². The minimum Gasteiger partial charge on any atom is -0.497 e. The highest BCUT2D eigenvalue weighted by Gasteiger charge is 2.35. The second-order valence-corrected chi connectivity index (χ2v) is 8.80. The third-order valence-corrected chi connectivity index (χ3v) is 6.47. The topological polar surface area (TPSA) is 48.0 Å². The smallest absolute Gasteiger partial charge is 0.232 e. The van der Waals surface area contributed by atoms with Crippen molar-refractivity contribution in [2.75, 3.05) is 13.8 Å². The number of methoxy groups -OCH3 is 1. The fraction of sp³-hybridized carbons (Fsp3) is 0.192. The van der Waals surface area contributed by atoms with E-state index in [-0.39, 0.29) is 5.78 Å². The number of nitrogens with zero attached hydrogens (tertiary/aromatic N) is 1. The largest absolute Gasteiger partial charge is 0.497 e. The molecular formula is C26H22BrNO4. The van der Waals surface area contributed by atoms with Gasteiger partial charge in [0.25, 0.3) is 0 Å². The fourth-order valence-corrected chi connectivity index (χ4v) is 4.50. The van der Waals surface area contributed by atoms with Crippen LogP contribution in [0.15, 0.2) is 64.8 Å². The lowest BCUT2D eigenvalue weighted by Crippen LogP contribution is -2.31. The number of hydrogen-bond acceptors (Lipinski definition) is 5. The number of rotatable bonds is 4. The lowest BCUT2D eigenvalue weighted by molar-refractivity contribution is 0.0872. The minimum atomic E-state index is -0.0941. The highest BCUT2D eigenvalue weighted by atomic mass is 79.9. The summed E-state index contributed by atoms with van der Waals surface area (Å²) in [6.07, 6.45) is 1.79. The van der Waals surface area contributed by atoms with Gasteiger partial charge in [0, 0.05) is 17.6 Å². The average Bonchev–Trinajstić information content (AvgIpc) is 3.13. The van der Waals surface area contributed by atoms with Crippen molar-refractivity contribution >= 4 is 27.8 Å². The van der Waals surface area contributed by atoms with Crippen molar-refractivity contribution < 1.29 is 19.0 Å². The van der Waals surface area contributed by atoms with E-state index in [1.165, 1.54) is 0 Å². The zero-order chi connectivity index (χ0) is 22.2. The first-order chi connectivity index (χ1) is 15.5. The molecule has 32 heavy (non-hydrogen) atoms. The molecule has 0 bridgehead atoms. The molecule has 0 saturated carbocycles. The molecule has 162 valence electrons. The molecule has 3 aromatic carbocycles. The maximum absolute atomic E-state index is 13.2. The van der Waals surface area contributed by atoms with E-state index in [9.17, 15) is 4.79 Å². The number of halogens is 1. The van der Waals surface area contributed by atoms with E-state index in [1.807, 2.05) is 61.5 Å². The highest BCUT2D eigenvalue weighted by Crippen LogP contribution is 2.44. The van der Waals surface area contributed by atoms with Crippen LogP contribution in [-0.4, -0.2) is 24.5 Å². The number of ether oxygens (including phenoxy) is 3. The molecule has 0 saturated heterocycles. The molecule has 0 aliphatic carbocycles. The Bertz CT molecular complexity index is 1230. The molecule has 6 heteroatoms. The van der Waals surface area contributed by atoms with Crippen molar-refractivity contribution in [2.24, 2.45) is 0 Å². The summed E-state index contributed by atoms with van der Waals surface area (Å²) in [5, 5.41) is 0. The van der Waals surface area contributed by atoms with Crippen molar-refractivity contribution in [3.63, 3.8) is 0 Å². The first-order valence-electron chi connectivity index (χ1n) is 10.4. The molecule has 0 radical (unpaired) electrons. The second-order valence-electron chi connectivity index (χ2n) is 7.94. The Kier molecular flexibility index (Phi) is 5.49. The molecule has 2 aliphatic rings. The number of hydrogen-bond donors (Lipinski definition) is 0. The molecule has 0 fully saturated rings. The van der Waals surface area contributed by atoms with Crippen LogP contribution in [0.2, 0.25) is 0 Å². The van der Waals surface area contributed by atoms with Crippen molar-refractivity contribution in [3.8, 4) is 17.2 Å². The Balaban J connectivity index is 1.44. The number of ketones is 1. The van der Waals surface area contributed by atoms with Gasteiger partial charge in [0.2, 0.25) is 5.78 Å². The van der Waals surface area contributed by atoms with Crippen LogP contribution >= 0.6 is 15.9 Å². The SMILES string of the molecule is COc1ccc(CN2COc3cc(C)c4c(c3C2)O/C(=C\c2ccccc2Br)C4=O)cc1. The normalized spacial score (nSPS) is 16.3. The van der Waals surface area contributed by atoms with Crippen LogP contribution in [0.3, 0.4) is 0 Å². The van der Waals surface area contributed by atoms with Gasteiger partial charge in [-0.3, -0.25) is 9.69 Å². The van der Waals surface area contributed by atoms with E-state index < -0.39 is 0 Å². The molecule has 3 aromatic rings. The van der Waals surface area contributed by atoms with Crippen molar-refractivity contribution in [1.82, 2.24) is 4.90 Å². The molecule has 0 N–H and O–H groups in total. The Morgan fingerprint density at radius 1 is 1.16 bits per heavy atom. The van der Waals surface area contributed by atoms with E-state index in [2.05, 4.69) is 20.8 Å². The summed E-state index contributed by atoms with van der Waals surface area (Å²) < 4.78 is 18.4. The van der Waals surface area contributed by atoms with Crippen LogP contribution in [0.1, 0.15) is 32.6 Å². The number of fused-ring (bicyclic) bond motifs is 3. The maximum Gasteiger partial charge on any atom is 0.232 e. The Labute approximate surface area is 195 Å². The summed E-state index contributed by atoms with van der Waals surface area (Å²) in [7, 11) is 1.66. The van der Waals surface area contributed by atoms with Crippen LogP contribution in [0.25, 0.3) is 6.08 Å². The van der Waals surface area contributed by atoms with Gasteiger partial charge >= 0.3 is 0 Å². The predicted molar refractivity (Wildman–Crippen MR) is 126 cm³/mol. The van der Waals surface area contributed by atoms with Gasteiger partial charge in [0.15, 0.2) is 5.76 Å². The molecule has 0 amide bonds. The van der Waals surface area contributed by atoms with Gasteiger partial charge < -0.3 is 14.2 Å². The molecule has 2 aliphatic heterocycles. The van der Waals surface area contributed by atoms with Crippen molar-refractivity contribution in [2.45, 2.75) is 20.0 Å². The van der Waals surface area contributed by atoms with E-state index in [4.69, 9.17) is 14.2 Å². The summed E-state index contributed by atoms with van der Waals surface area (Å²) in [4.78, 5) is 15.4. The third kappa shape index (κ3) is 3.80. The summed E-state index contributed by atoms with van der Waals surface area (Å²) >= 11 is 3.54. The molecule has 0 unspecified atom stereocenters. The first-order valence-corrected chi connectivity index (χ1v) is 11.2. The lowest BCUT2D eigenvalue weighted by atomic mass is 9.98. The number of carbonyl (C=O) groups is 1. The van der Waals surface area contributed by atoms with Crippen LogP contribution < -0.4 is 14.2 Å². The molecule has 0 atom stereocenters. The van der Waals surface area contributed by atoms with Crippen LogP contribution in [-0.2, 0) is 13.1 Å². The minimum absolute atomic E-state index is 0.0941. The highest BCUT2D eigenvalue weighted by molar-refractivity contribution is 9.10. The van der Waals surface area contributed by atoms with Gasteiger partial charge in [-0.05, 0) is 54.0 Å². The number of aryl methyl sites for hydroxylation is 1. The van der Waals surface area contributed by atoms with Crippen molar-refractivity contribution in [1.29, 1.82) is 0 Å². The van der Waals surface area contributed by atoms with Gasteiger partial charge in [-0.15, -0.1) is 0 Å². The number of carbonyl (C=O) groups excluding carboxylic acids is 1. The zero-order valence-corrected chi connectivity index (χ0v) is 19.4. The molecular weight excluding hydrogens is 470 g/mol. The van der Waals surface area contributed by atoms with Crippen LogP contribution in [0.5, 0.6) is 17.2 Å². The molecule has 0 spiro atoms. The molecule has 5 rings (SSSR count). The van der Waals surface area contributed by atoms with Gasteiger partial charge in [0.1, 0.15) is 24.0 Å². The predicted octanol–water partition coefficient (Wildman–Crippen LogP) is 5.73. The number of allylic oxidation sites excluding steroid dienone is 1. The third-order valence-electron chi connectivity index (χ3n) is 5.74. The Morgan fingerprint density at radius 2 is 1.94 bits per heavy atom. The lowest BCUT2D eigenvalue weighted by Gasteiger charge is -2.30. The second kappa shape index (κ2) is 8.45. The quantitative estimate of drug-likeness (QED) is 0.435. The van der Waals surface area contributed by atoms with Gasteiger partial charge in [0.05, 0.1) is 18.2 Å². The van der Waals surface area contributed by atoms with Crippen LogP contribution in [0, 0.1) is 6.92 Å².